The minimum absolute atomic E-state index is 0.0489. The third-order valence-electron chi connectivity index (χ3n) is 4.14. The molecule has 3 aromatic rings. The summed E-state index contributed by atoms with van der Waals surface area (Å²) in [6.45, 7) is 3.73. The number of benzene rings is 1. The van der Waals surface area contributed by atoms with Crippen molar-refractivity contribution < 1.29 is 18.3 Å². The van der Waals surface area contributed by atoms with Crippen molar-refractivity contribution in [2.75, 3.05) is 37.9 Å². The van der Waals surface area contributed by atoms with Crippen molar-refractivity contribution >= 4 is 34.5 Å². The molecule has 0 aliphatic carbocycles. The summed E-state index contributed by atoms with van der Waals surface area (Å²) in [5.41, 5.74) is 0.691. The highest BCUT2D eigenvalue weighted by molar-refractivity contribution is 7.99. The van der Waals surface area contributed by atoms with E-state index in [9.17, 15) is 13.6 Å². The molecular weight excluding hydrogens is 414 g/mol. The van der Waals surface area contributed by atoms with Gasteiger partial charge in [0.1, 0.15) is 5.82 Å². The molecule has 0 fully saturated rings. The molecule has 8 nitrogen and oxygen atoms in total. The summed E-state index contributed by atoms with van der Waals surface area (Å²) in [6.07, 6.45) is 1.67. The molecule has 1 aromatic carbocycles. The zero-order valence-corrected chi connectivity index (χ0v) is 17.4. The lowest BCUT2D eigenvalue weighted by Crippen LogP contribution is -2.27. The molecule has 0 aliphatic rings. The molecule has 3 rings (SSSR count). The number of nitrogens with zero attached hydrogens (tertiary/aromatic N) is 4. The second kappa shape index (κ2) is 10.3. The van der Waals surface area contributed by atoms with Gasteiger partial charge in [0.25, 0.3) is 5.91 Å². The fourth-order valence-electron chi connectivity index (χ4n) is 2.71. The van der Waals surface area contributed by atoms with Crippen molar-refractivity contribution in [3.63, 3.8) is 0 Å². The fraction of sp³-hybridized carbons (Fsp3) is 0.368. The number of amides is 1. The number of hydrogen-bond donors (Lipinski definition) is 2. The maximum Gasteiger partial charge on any atom is 0.251 e. The molecule has 30 heavy (non-hydrogen) atoms. The molecule has 160 valence electrons. The van der Waals surface area contributed by atoms with Crippen molar-refractivity contribution in [2.24, 2.45) is 0 Å². The SMILES string of the molecule is CCSc1nc(NCCOC)c2cnn(CCNC(=O)c3ccc(F)c(F)c3)c2n1. The lowest BCUT2D eigenvalue weighted by molar-refractivity contribution is 0.0951. The van der Waals surface area contributed by atoms with Crippen LogP contribution in [0.15, 0.2) is 29.6 Å². The summed E-state index contributed by atoms with van der Waals surface area (Å²) in [7, 11) is 1.63. The number of rotatable bonds is 10. The summed E-state index contributed by atoms with van der Waals surface area (Å²) in [5.74, 6) is -1.06. The van der Waals surface area contributed by atoms with Crippen LogP contribution in [0.4, 0.5) is 14.6 Å². The van der Waals surface area contributed by atoms with Gasteiger partial charge in [-0.25, -0.2) is 23.4 Å². The van der Waals surface area contributed by atoms with Crippen LogP contribution in [0.2, 0.25) is 0 Å². The number of carbonyl (C=O) groups is 1. The number of fused-ring (bicyclic) bond motifs is 1. The highest BCUT2D eigenvalue weighted by Gasteiger charge is 2.14. The molecule has 0 saturated carbocycles. The average molecular weight is 436 g/mol. The number of methoxy groups -OCH3 is 1. The van der Waals surface area contributed by atoms with Crippen molar-refractivity contribution in [1.82, 2.24) is 25.1 Å². The Kier molecular flexibility index (Phi) is 7.52. The first-order valence-corrected chi connectivity index (χ1v) is 10.3. The number of anilines is 1. The molecule has 2 N–H and O–H groups in total. The first kappa shape index (κ1) is 21.9. The molecule has 0 unspecified atom stereocenters. The minimum atomic E-state index is -1.06. The topological polar surface area (TPSA) is 94.0 Å². The van der Waals surface area contributed by atoms with Crippen molar-refractivity contribution in [3.8, 4) is 0 Å². The second-order valence-corrected chi connectivity index (χ2v) is 7.43. The molecule has 0 atom stereocenters. The van der Waals surface area contributed by atoms with Crippen LogP contribution in [-0.2, 0) is 11.3 Å². The lowest BCUT2D eigenvalue weighted by Gasteiger charge is -2.09. The van der Waals surface area contributed by atoms with Crippen molar-refractivity contribution in [2.45, 2.75) is 18.6 Å². The molecule has 0 radical (unpaired) electrons. The van der Waals surface area contributed by atoms with E-state index in [4.69, 9.17) is 4.74 Å². The van der Waals surface area contributed by atoms with Gasteiger partial charge in [-0.1, -0.05) is 18.7 Å². The first-order valence-electron chi connectivity index (χ1n) is 9.36. The number of thioether (sulfide) groups is 1. The van der Waals surface area contributed by atoms with E-state index in [1.165, 1.54) is 17.8 Å². The molecule has 0 bridgehead atoms. The number of ether oxygens (including phenoxy) is 1. The largest absolute Gasteiger partial charge is 0.383 e. The van der Waals surface area contributed by atoms with Crippen LogP contribution in [0.5, 0.6) is 0 Å². The molecule has 2 heterocycles. The van der Waals surface area contributed by atoms with Gasteiger partial charge in [0.2, 0.25) is 0 Å². The minimum Gasteiger partial charge on any atom is -0.383 e. The lowest BCUT2D eigenvalue weighted by atomic mass is 10.2. The van der Waals surface area contributed by atoms with E-state index in [1.807, 2.05) is 6.92 Å². The van der Waals surface area contributed by atoms with Crippen LogP contribution in [0.1, 0.15) is 17.3 Å². The Morgan fingerprint density at radius 2 is 2.07 bits per heavy atom. The Morgan fingerprint density at radius 3 is 2.80 bits per heavy atom. The molecular formula is C19H22F2N6O2S. The first-order chi connectivity index (χ1) is 14.5. The van der Waals surface area contributed by atoms with Crippen LogP contribution < -0.4 is 10.6 Å². The van der Waals surface area contributed by atoms with Crippen LogP contribution in [0.25, 0.3) is 11.0 Å². The van der Waals surface area contributed by atoms with E-state index in [-0.39, 0.29) is 12.1 Å². The van der Waals surface area contributed by atoms with Gasteiger partial charge in [0.05, 0.1) is 24.7 Å². The zero-order chi connectivity index (χ0) is 21.5. The third-order valence-corrected chi connectivity index (χ3v) is 4.87. The Morgan fingerprint density at radius 1 is 1.23 bits per heavy atom. The summed E-state index contributed by atoms with van der Waals surface area (Å²) in [5, 5.41) is 11.6. The smallest absolute Gasteiger partial charge is 0.251 e. The van der Waals surface area contributed by atoms with Gasteiger partial charge in [-0.3, -0.25) is 4.79 Å². The average Bonchev–Trinajstić information content (AvgIpc) is 3.13. The standard InChI is InChI=1S/C19H22F2N6O2S/c1-3-30-19-25-16(22-7-9-29-2)13-11-24-27(17(13)26-19)8-6-23-18(28)12-4-5-14(20)15(21)10-12/h4-5,10-11H,3,6-9H2,1-2H3,(H,23,28)(H,22,25,26). The predicted molar refractivity (Wildman–Crippen MR) is 111 cm³/mol. The Hall–Kier alpha value is -2.79. The number of carbonyl (C=O) groups excluding carboxylic acids is 1. The number of halogens is 2. The normalized spacial score (nSPS) is 11.1. The summed E-state index contributed by atoms with van der Waals surface area (Å²) in [4.78, 5) is 21.3. The highest BCUT2D eigenvalue weighted by Crippen LogP contribution is 2.24. The Labute approximate surface area is 176 Å². The van der Waals surface area contributed by atoms with Crippen molar-refractivity contribution in [1.29, 1.82) is 0 Å². The Bertz CT molecular complexity index is 1030. The zero-order valence-electron chi connectivity index (χ0n) is 16.6. The number of aromatic nitrogens is 4. The Balaban J connectivity index is 1.72. The van der Waals surface area contributed by atoms with Gasteiger partial charge < -0.3 is 15.4 Å². The molecule has 0 saturated heterocycles. The quantitative estimate of drug-likeness (QED) is 0.287. The third kappa shape index (κ3) is 5.22. The summed E-state index contributed by atoms with van der Waals surface area (Å²) in [6, 6.07) is 3.02. The monoisotopic (exact) mass is 436 g/mol. The highest BCUT2D eigenvalue weighted by atomic mass is 32.2. The van der Waals surface area contributed by atoms with E-state index < -0.39 is 17.5 Å². The van der Waals surface area contributed by atoms with Gasteiger partial charge in [-0.2, -0.15) is 5.10 Å². The number of hydrogen-bond acceptors (Lipinski definition) is 7. The summed E-state index contributed by atoms with van der Waals surface area (Å²) >= 11 is 1.51. The van der Waals surface area contributed by atoms with E-state index in [0.29, 0.717) is 36.3 Å². The molecule has 1 amide bonds. The van der Waals surface area contributed by atoms with Gasteiger partial charge in [0, 0.05) is 25.8 Å². The van der Waals surface area contributed by atoms with E-state index in [0.717, 1.165) is 23.3 Å². The van der Waals surface area contributed by atoms with Crippen LogP contribution in [-0.4, -0.2) is 58.2 Å². The molecule has 2 aromatic heterocycles. The van der Waals surface area contributed by atoms with Gasteiger partial charge in [0.15, 0.2) is 22.4 Å². The van der Waals surface area contributed by atoms with E-state index in [2.05, 4.69) is 25.7 Å². The van der Waals surface area contributed by atoms with Crippen LogP contribution >= 0.6 is 11.8 Å². The van der Waals surface area contributed by atoms with Gasteiger partial charge in [-0.15, -0.1) is 0 Å². The second-order valence-electron chi connectivity index (χ2n) is 6.20. The molecule has 11 heteroatoms. The predicted octanol–water partition coefficient (Wildman–Crippen LogP) is 2.70. The van der Waals surface area contributed by atoms with E-state index in [1.54, 1.807) is 18.0 Å². The van der Waals surface area contributed by atoms with Crippen LogP contribution in [0.3, 0.4) is 0 Å². The van der Waals surface area contributed by atoms with Crippen molar-refractivity contribution in [3.05, 3.63) is 41.6 Å². The maximum atomic E-state index is 13.3. The summed E-state index contributed by atoms with van der Waals surface area (Å²) < 4.78 is 33.1. The maximum absolute atomic E-state index is 13.3. The van der Waals surface area contributed by atoms with Gasteiger partial charge >= 0.3 is 0 Å². The molecule has 0 spiro atoms. The van der Waals surface area contributed by atoms with Gasteiger partial charge in [-0.05, 0) is 24.0 Å². The fourth-order valence-corrected chi connectivity index (χ4v) is 3.28. The molecule has 0 aliphatic heterocycles. The van der Waals surface area contributed by atoms with Crippen LogP contribution in [0, 0.1) is 11.6 Å². The number of nitrogens with one attached hydrogen (secondary N) is 2. The van der Waals surface area contributed by atoms with E-state index >= 15 is 0 Å².